The Morgan fingerprint density at radius 2 is 1.64 bits per heavy atom. The number of carbonyl (C=O) groups excluding carboxylic acids is 1. The molecular formula is C19H22N2O6S. The Labute approximate surface area is 163 Å². The lowest BCUT2D eigenvalue weighted by Gasteiger charge is -2.27. The minimum Gasteiger partial charge on any atom is -0.465 e. The third-order valence-electron chi connectivity index (χ3n) is 4.10. The van der Waals surface area contributed by atoms with Gasteiger partial charge in [0.05, 0.1) is 22.1 Å². The second-order valence-electron chi connectivity index (χ2n) is 6.32. The zero-order valence-electron chi connectivity index (χ0n) is 16.1. The summed E-state index contributed by atoms with van der Waals surface area (Å²) in [5.41, 5.74) is 2.50. The summed E-state index contributed by atoms with van der Waals surface area (Å²) in [7, 11) is -4.16. The fraction of sp³-hybridized carbons (Fsp3) is 0.316. The Morgan fingerprint density at radius 3 is 2.11 bits per heavy atom. The molecule has 2 aromatic carbocycles. The molecule has 0 aromatic heterocycles. The average molecular weight is 406 g/mol. The van der Waals surface area contributed by atoms with Gasteiger partial charge < -0.3 is 4.74 Å². The number of sulfonamides is 1. The SMILES string of the molecule is CCOC(=O)CN(c1c(C)cc(C)cc1C)S(=O)(=O)c1ccc([N+](=O)[O-])cc1. The molecule has 0 saturated heterocycles. The smallest absolute Gasteiger partial charge is 0.326 e. The molecule has 0 aliphatic heterocycles. The number of ether oxygens (including phenoxy) is 1. The van der Waals surface area contributed by atoms with Crippen LogP contribution in [0, 0.1) is 30.9 Å². The number of non-ortho nitro benzene ring substituents is 1. The van der Waals surface area contributed by atoms with Crippen LogP contribution in [0.15, 0.2) is 41.3 Å². The van der Waals surface area contributed by atoms with Crippen LogP contribution in [-0.2, 0) is 19.6 Å². The Bertz CT molecular complexity index is 977. The third kappa shape index (κ3) is 4.48. The van der Waals surface area contributed by atoms with Crippen LogP contribution >= 0.6 is 0 Å². The van der Waals surface area contributed by atoms with Gasteiger partial charge in [-0.05, 0) is 51.0 Å². The molecule has 0 amide bonds. The first-order chi connectivity index (χ1) is 13.1. The van der Waals surface area contributed by atoms with E-state index in [9.17, 15) is 23.3 Å². The maximum atomic E-state index is 13.3. The van der Waals surface area contributed by atoms with E-state index >= 15 is 0 Å². The Balaban J connectivity index is 2.61. The minimum absolute atomic E-state index is 0.121. The van der Waals surface area contributed by atoms with Crippen LogP contribution in [0.2, 0.25) is 0 Å². The molecule has 0 fully saturated rings. The Morgan fingerprint density at radius 1 is 1.11 bits per heavy atom. The molecule has 0 N–H and O–H groups in total. The quantitative estimate of drug-likeness (QED) is 0.397. The van der Waals surface area contributed by atoms with Crippen molar-refractivity contribution in [3.05, 3.63) is 63.2 Å². The number of nitro groups is 1. The number of carbonyl (C=O) groups is 1. The Kier molecular flexibility index (Phi) is 6.40. The topological polar surface area (TPSA) is 107 Å². The molecule has 0 atom stereocenters. The van der Waals surface area contributed by atoms with Crippen molar-refractivity contribution in [3.63, 3.8) is 0 Å². The molecule has 0 aliphatic carbocycles. The summed E-state index contributed by atoms with van der Waals surface area (Å²) in [6.45, 7) is 6.67. The molecular weight excluding hydrogens is 384 g/mol. The number of hydrogen-bond acceptors (Lipinski definition) is 6. The minimum atomic E-state index is -4.16. The van der Waals surface area contributed by atoms with Crippen molar-refractivity contribution in [2.24, 2.45) is 0 Å². The highest BCUT2D eigenvalue weighted by atomic mass is 32.2. The lowest BCUT2D eigenvalue weighted by atomic mass is 10.1. The van der Waals surface area contributed by atoms with Crippen LogP contribution in [0.25, 0.3) is 0 Å². The lowest BCUT2D eigenvalue weighted by molar-refractivity contribution is -0.384. The van der Waals surface area contributed by atoms with Gasteiger partial charge in [-0.2, -0.15) is 0 Å². The van der Waals surface area contributed by atoms with Crippen LogP contribution in [0.1, 0.15) is 23.6 Å². The van der Waals surface area contributed by atoms with Gasteiger partial charge in [0, 0.05) is 12.1 Å². The van der Waals surface area contributed by atoms with Gasteiger partial charge in [0.15, 0.2) is 0 Å². The molecule has 0 aliphatic rings. The van der Waals surface area contributed by atoms with Gasteiger partial charge in [-0.1, -0.05) is 17.7 Å². The predicted molar refractivity (Wildman–Crippen MR) is 105 cm³/mol. The van der Waals surface area contributed by atoms with Crippen molar-refractivity contribution in [2.45, 2.75) is 32.6 Å². The van der Waals surface area contributed by atoms with E-state index < -0.39 is 27.5 Å². The first-order valence-electron chi connectivity index (χ1n) is 8.58. The lowest BCUT2D eigenvalue weighted by Crippen LogP contribution is -2.37. The summed E-state index contributed by atoms with van der Waals surface area (Å²) in [6.07, 6.45) is 0. The van der Waals surface area contributed by atoms with E-state index in [4.69, 9.17) is 4.74 Å². The van der Waals surface area contributed by atoms with Gasteiger partial charge in [-0.3, -0.25) is 19.2 Å². The number of nitrogens with zero attached hydrogens (tertiary/aromatic N) is 2. The van der Waals surface area contributed by atoms with E-state index in [1.165, 1.54) is 0 Å². The molecule has 0 unspecified atom stereocenters. The standard InChI is InChI=1S/C19H22N2O6S/c1-5-27-18(22)12-20(19-14(3)10-13(2)11-15(19)4)28(25,26)17-8-6-16(7-9-17)21(23)24/h6-11H,5,12H2,1-4H3. The third-order valence-corrected chi connectivity index (χ3v) is 5.86. The second-order valence-corrected chi connectivity index (χ2v) is 8.18. The fourth-order valence-corrected chi connectivity index (χ4v) is 4.58. The first kappa shape index (κ1) is 21.4. The summed E-state index contributed by atoms with van der Waals surface area (Å²) in [6, 6.07) is 8.20. The second kappa shape index (κ2) is 8.39. The van der Waals surface area contributed by atoms with Crippen molar-refractivity contribution in [1.82, 2.24) is 0 Å². The van der Waals surface area contributed by atoms with Crippen LogP contribution in [-0.4, -0.2) is 32.5 Å². The zero-order chi connectivity index (χ0) is 21.1. The van der Waals surface area contributed by atoms with Crippen LogP contribution in [0.5, 0.6) is 0 Å². The molecule has 150 valence electrons. The van der Waals surface area contributed by atoms with E-state index in [2.05, 4.69) is 0 Å². The number of rotatable bonds is 7. The van der Waals surface area contributed by atoms with Crippen LogP contribution in [0.4, 0.5) is 11.4 Å². The first-order valence-corrected chi connectivity index (χ1v) is 10.0. The normalized spacial score (nSPS) is 11.1. The highest BCUT2D eigenvalue weighted by Gasteiger charge is 2.30. The highest BCUT2D eigenvalue weighted by molar-refractivity contribution is 7.92. The number of benzene rings is 2. The molecule has 0 spiro atoms. The number of esters is 1. The molecule has 0 saturated carbocycles. The number of nitro benzene ring substituents is 1. The summed E-state index contributed by atoms with van der Waals surface area (Å²) in [5.74, 6) is -0.688. The van der Waals surface area contributed by atoms with Crippen molar-refractivity contribution < 1.29 is 22.9 Å². The maximum Gasteiger partial charge on any atom is 0.326 e. The highest BCUT2D eigenvalue weighted by Crippen LogP contribution is 2.31. The molecule has 28 heavy (non-hydrogen) atoms. The molecule has 2 aromatic rings. The van der Waals surface area contributed by atoms with Gasteiger partial charge >= 0.3 is 5.97 Å². The van der Waals surface area contributed by atoms with Crippen LogP contribution < -0.4 is 4.31 Å². The van der Waals surface area contributed by atoms with Crippen LogP contribution in [0.3, 0.4) is 0 Å². The van der Waals surface area contributed by atoms with E-state index in [1.807, 2.05) is 19.1 Å². The Hall–Kier alpha value is -2.94. The predicted octanol–water partition coefficient (Wildman–Crippen LogP) is 3.28. The maximum absolute atomic E-state index is 13.3. The van der Waals surface area contributed by atoms with Gasteiger partial charge in [-0.25, -0.2) is 8.42 Å². The summed E-state index contributed by atoms with van der Waals surface area (Å²) in [4.78, 5) is 22.2. The molecule has 9 heteroatoms. The summed E-state index contributed by atoms with van der Waals surface area (Å²) < 4.78 is 32.5. The summed E-state index contributed by atoms with van der Waals surface area (Å²) >= 11 is 0. The summed E-state index contributed by atoms with van der Waals surface area (Å²) in [5, 5.41) is 10.8. The van der Waals surface area contributed by atoms with E-state index in [1.54, 1.807) is 20.8 Å². The van der Waals surface area contributed by atoms with Gasteiger partial charge in [-0.15, -0.1) is 0 Å². The van der Waals surface area contributed by atoms with E-state index in [-0.39, 0.29) is 17.2 Å². The average Bonchev–Trinajstić information content (AvgIpc) is 2.60. The van der Waals surface area contributed by atoms with Crippen molar-refractivity contribution >= 4 is 27.4 Å². The van der Waals surface area contributed by atoms with Gasteiger partial charge in [0.1, 0.15) is 6.54 Å². The monoisotopic (exact) mass is 406 g/mol. The molecule has 2 rings (SSSR count). The number of anilines is 1. The van der Waals surface area contributed by atoms with E-state index in [0.717, 1.165) is 34.1 Å². The van der Waals surface area contributed by atoms with Crippen molar-refractivity contribution in [2.75, 3.05) is 17.5 Å². The molecule has 0 radical (unpaired) electrons. The molecule has 8 nitrogen and oxygen atoms in total. The number of aryl methyl sites for hydroxylation is 3. The van der Waals surface area contributed by atoms with E-state index in [0.29, 0.717) is 16.8 Å². The molecule has 0 bridgehead atoms. The van der Waals surface area contributed by atoms with Gasteiger partial charge in [0.2, 0.25) is 0 Å². The van der Waals surface area contributed by atoms with Crippen molar-refractivity contribution in [3.8, 4) is 0 Å². The fourth-order valence-electron chi connectivity index (χ4n) is 3.04. The van der Waals surface area contributed by atoms with Crippen molar-refractivity contribution in [1.29, 1.82) is 0 Å². The number of hydrogen-bond donors (Lipinski definition) is 0. The molecule has 0 heterocycles. The van der Waals surface area contributed by atoms with Gasteiger partial charge in [0.25, 0.3) is 15.7 Å². The zero-order valence-corrected chi connectivity index (χ0v) is 16.9. The largest absolute Gasteiger partial charge is 0.465 e.